The van der Waals surface area contributed by atoms with Crippen molar-refractivity contribution in [3.63, 3.8) is 0 Å². The van der Waals surface area contributed by atoms with Crippen LogP contribution in [-0.2, 0) is 16.6 Å². The van der Waals surface area contributed by atoms with E-state index in [0.717, 1.165) is 12.1 Å². The number of hydrogen-bond donors (Lipinski definition) is 1. The van der Waals surface area contributed by atoms with Crippen molar-refractivity contribution in [3.05, 3.63) is 53.0 Å². The number of rotatable bonds is 4. The van der Waals surface area contributed by atoms with Crippen LogP contribution in [0.5, 0.6) is 0 Å². The van der Waals surface area contributed by atoms with Crippen molar-refractivity contribution in [2.75, 3.05) is 0 Å². The second kappa shape index (κ2) is 5.54. The molecular weight excluding hydrogens is 290 g/mol. The lowest BCUT2D eigenvalue weighted by Crippen LogP contribution is -1.98. The van der Waals surface area contributed by atoms with Crippen LogP contribution < -0.4 is 0 Å². The van der Waals surface area contributed by atoms with Gasteiger partial charge in [-0.2, -0.15) is 0 Å². The van der Waals surface area contributed by atoms with Crippen LogP contribution in [0.15, 0.2) is 33.6 Å². The van der Waals surface area contributed by atoms with E-state index in [0.29, 0.717) is 11.3 Å². The lowest BCUT2D eigenvalue weighted by atomic mass is 10.3. The number of hydrogen-bond acceptors (Lipinski definition) is 3. The van der Waals surface area contributed by atoms with Gasteiger partial charge in [-0.15, -0.1) is 0 Å². The number of carboxylic acid groups (broad SMARTS) is 1. The summed E-state index contributed by atoms with van der Waals surface area (Å²) in [7, 11) is -1.62. The first-order valence-corrected chi connectivity index (χ1v) is 6.86. The molecule has 7 heteroatoms. The average Bonchev–Trinajstić information content (AvgIpc) is 2.74. The average molecular weight is 300 g/mol. The van der Waals surface area contributed by atoms with Gasteiger partial charge in [-0.1, -0.05) is 0 Å². The predicted octanol–water partition coefficient (Wildman–Crippen LogP) is 2.87. The van der Waals surface area contributed by atoms with Crippen molar-refractivity contribution < 1.29 is 27.3 Å². The molecule has 1 N–H and O–H groups in total. The molecule has 20 heavy (non-hydrogen) atoms. The minimum atomic E-state index is -1.62. The first-order chi connectivity index (χ1) is 9.38. The molecule has 0 aliphatic heterocycles. The fourth-order valence-electron chi connectivity index (χ4n) is 1.61. The van der Waals surface area contributed by atoms with E-state index in [1.807, 2.05) is 0 Å². The Bertz CT molecular complexity index is 694. The molecule has 0 saturated carbocycles. The van der Waals surface area contributed by atoms with Crippen LogP contribution in [0, 0.1) is 18.6 Å². The van der Waals surface area contributed by atoms with Crippen molar-refractivity contribution in [3.8, 4) is 0 Å². The van der Waals surface area contributed by atoms with Gasteiger partial charge in [0, 0.05) is 10.5 Å². The van der Waals surface area contributed by atoms with Gasteiger partial charge >= 0.3 is 5.97 Å². The van der Waals surface area contributed by atoms with Gasteiger partial charge < -0.3 is 9.52 Å². The third-order valence-electron chi connectivity index (χ3n) is 2.67. The fourth-order valence-corrected chi connectivity index (χ4v) is 2.80. The topological polar surface area (TPSA) is 67.5 Å². The highest BCUT2D eigenvalue weighted by molar-refractivity contribution is 7.84. The van der Waals surface area contributed by atoms with Crippen LogP contribution in [0.25, 0.3) is 0 Å². The fraction of sp³-hybridized carbons (Fsp3) is 0.154. The number of aromatic carboxylic acids is 1. The summed E-state index contributed by atoms with van der Waals surface area (Å²) >= 11 is 0. The second-order valence-corrected chi connectivity index (χ2v) is 5.51. The highest BCUT2D eigenvalue weighted by atomic mass is 32.2. The van der Waals surface area contributed by atoms with E-state index in [1.54, 1.807) is 6.92 Å². The van der Waals surface area contributed by atoms with Gasteiger partial charge in [-0.25, -0.2) is 13.6 Å². The van der Waals surface area contributed by atoms with E-state index in [-0.39, 0.29) is 16.4 Å². The van der Waals surface area contributed by atoms with E-state index in [4.69, 9.17) is 9.52 Å². The standard InChI is InChI=1S/C13H10F2O4S/c1-7-8(4-12(19-7)13(16)17)6-20(18)9-2-3-10(14)11(15)5-9/h2-5H,6H2,1H3,(H,16,17). The number of halogens is 2. The summed E-state index contributed by atoms with van der Waals surface area (Å²) in [6.45, 7) is 1.55. The largest absolute Gasteiger partial charge is 0.475 e. The SMILES string of the molecule is Cc1oc(C(=O)O)cc1CS(=O)c1ccc(F)c(F)c1. The molecule has 2 aromatic rings. The minimum absolute atomic E-state index is 0.0340. The van der Waals surface area contributed by atoms with Gasteiger partial charge in [0.2, 0.25) is 5.76 Å². The van der Waals surface area contributed by atoms with Gasteiger partial charge in [0.15, 0.2) is 11.6 Å². The summed E-state index contributed by atoms with van der Waals surface area (Å²) in [5, 5.41) is 8.78. The maximum atomic E-state index is 13.1. The minimum Gasteiger partial charge on any atom is -0.475 e. The Morgan fingerprint density at radius 3 is 2.55 bits per heavy atom. The van der Waals surface area contributed by atoms with Gasteiger partial charge in [0.1, 0.15) is 5.76 Å². The zero-order valence-corrected chi connectivity index (χ0v) is 11.2. The molecule has 1 unspecified atom stereocenters. The lowest BCUT2D eigenvalue weighted by molar-refractivity contribution is 0.0661. The Morgan fingerprint density at radius 1 is 1.30 bits per heavy atom. The molecule has 0 saturated heterocycles. The Kier molecular flexibility index (Phi) is 3.99. The summed E-state index contributed by atoms with van der Waals surface area (Å²) in [5.41, 5.74) is 0.450. The van der Waals surface area contributed by atoms with E-state index in [2.05, 4.69) is 0 Å². The van der Waals surface area contributed by atoms with Gasteiger partial charge in [0.25, 0.3) is 0 Å². The smallest absolute Gasteiger partial charge is 0.371 e. The third-order valence-corrected chi connectivity index (χ3v) is 4.02. The molecule has 2 rings (SSSR count). The highest BCUT2D eigenvalue weighted by Gasteiger charge is 2.16. The number of benzene rings is 1. The normalized spacial score (nSPS) is 12.3. The van der Waals surface area contributed by atoms with E-state index in [1.165, 1.54) is 12.1 Å². The molecule has 0 aliphatic rings. The van der Waals surface area contributed by atoms with Crippen molar-refractivity contribution in [2.45, 2.75) is 17.6 Å². The van der Waals surface area contributed by atoms with E-state index < -0.39 is 28.4 Å². The molecule has 0 fully saturated rings. The van der Waals surface area contributed by atoms with Crippen molar-refractivity contribution in [1.82, 2.24) is 0 Å². The summed E-state index contributed by atoms with van der Waals surface area (Å²) in [5.74, 6) is -3.27. The van der Waals surface area contributed by atoms with E-state index in [9.17, 15) is 17.8 Å². The van der Waals surface area contributed by atoms with Crippen LogP contribution in [0.3, 0.4) is 0 Å². The summed E-state index contributed by atoms with van der Waals surface area (Å²) in [4.78, 5) is 10.9. The molecule has 0 radical (unpaired) electrons. The Morgan fingerprint density at radius 2 is 2.00 bits per heavy atom. The number of carbonyl (C=O) groups is 1. The first-order valence-electron chi connectivity index (χ1n) is 5.54. The lowest BCUT2D eigenvalue weighted by Gasteiger charge is -2.02. The first kappa shape index (κ1) is 14.4. The van der Waals surface area contributed by atoms with E-state index >= 15 is 0 Å². The van der Waals surface area contributed by atoms with Gasteiger partial charge in [-0.05, 0) is 31.2 Å². The van der Waals surface area contributed by atoms with Crippen LogP contribution in [0.2, 0.25) is 0 Å². The number of carboxylic acids is 1. The van der Waals surface area contributed by atoms with Crippen molar-refractivity contribution >= 4 is 16.8 Å². The van der Waals surface area contributed by atoms with Gasteiger partial charge in [-0.3, -0.25) is 4.21 Å². The van der Waals surface area contributed by atoms with Crippen LogP contribution in [0.1, 0.15) is 21.9 Å². The Labute approximate surface area is 115 Å². The van der Waals surface area contributed by atoms with Crippen LogP contribution >= 0.6 is 0 Å². The molecule has 0 spiro atoms. The zero-order valence-electron chi connectivity index (χ0n) is 10.4. The van der Waals surface area contributed by atoms with Crippen molar-refractivity contribution in [2.24, 2.45) is 0 Å². The molecule has 1 aromatic carbocycles. The van der Waals surface area contributed by atoms with Crippen LogP contribution in [-0.4, -0.2) is 15.3 Å². The molecule has 1 atom stereocenters. The second-order valence-electron chi connectivity index (χ2n) is 4.06. The molecule has 0 aliphatic carbocycles. The molecule has 4 nitrogen and oxygen atoms in total. The molecule has 1 aromatic heterocycles. The Balaban J connectivity index is 2.23. The molecule has 106 valence electrons. The highest BCUT2D eigenvalue weighted by Crippen LogP contribution is 2.20. The third kappa shape index (κ3) is 2.93. The molecule has 1 heterocycles. The maximum absolute atomic E-state index is 13.1. The summed E-state index contributed by atoms with van der Waals surface area (Å²) in [6.07, 6.45) is 0. The van der Waals surface area contributed by atoms with Gasteiger partial charge in [0.05, 0.1) is 16.6 Å². The predicted molar refractivity (Wildman–Crippen MR) is 66.9 cm³/mol. The van der Waals surface area contributed by atoms with Crippen LogP contribution in [0.4, 0.5) is 8.78 Å². The summed E-state index contributed by atoms with van der Waals surface area (Å²) in [6, 6.07) is 4.25. The number of aryl methyl sites for hydroxylation is 1. The molecule has 0 bridgehead atoms. The molecule has 0 amide bonds. The maximum Gasteiger partial charge on any atom is 0.371 e. The summed E-state index contributed by atoms with van der Waals surface area (Å²) < 4.78 is 42.9. The monoisotopic (exact) mass is 300 g/mol. The quantitative estimate of drug-likeness (QED) is 0.942. The van der Waals surface area contributed by atoms with Crippen molar-refractivity contribution in [1.29, 1.82) is 0 Å². The Hall–Kier alpha value is -2.02. The zero-order chi connectivity index (χ0) is 14.9. The molecular formula is C13H10F2O4S. The number of furan rings is 1.